The molecule has 1 aromatic heterocycles. The summed E-state index contributed by atoms with van der Waals surface area (Å²) in [6.07, 6.45) is 1.47. The fourth-order valence-electron chi connectivity index (χ4n) is 1.50. The van der Waals surface area contributed by atoms with Crippen molar-refractivity contribution >= 4 is 5.97 Å². The maximum atomic E-state index is 12.7. The van der Waals surface area contributed by atoms with Crippen molar-refractivity contribution in [3.8, 4) is 5.69 Å². The van der Waals surface area contributed by atoms with Crippen LogP contribution in [0.15, 0.2) is 30.5 Å². The van der Waals surface area contributed by atoms with Crippen LogP contribution < -0.4 is 0 Å². The standard InChI is InChI=1S/C11H9FN2O2/c1-7-6-13-10(11(15)16)14(7)9-4-2-8(12)3-5-9/h2-6H,1H3,(H,15,16). The molecule has 5 heteroatoms. The van der Waals surface area contributed by atoms with Gasteiger partial charge in [-0.2, -0.15) is 0 Å². The van der Waals surface area contributed by atoms with E-state index in [1.54, 1.807) is 6.92 Å². The van der Waals surface area contributed by atoms with Crippen LogP contribution in [0.25, 0.3) is 5.69 Å². The number of hydrogen-bond donors (Lipinski definition) is 1. The van der Waals surface area contributed by atoms with Gasteiger partial charge in [-0.25, -0.2) is 14.2 Å². The normalized spacial score (nSPS) is 10.4. The molecule has 16 heavy (non-hydrogen) atoms. The third-order valence-corrected chi connectivity index (χ3v) is 2.21. The number of carboxylic acids is 1. The van der Waals surface area contributed by atoms with Crippen molar-refractivity contribution in [3.05, 3.63) is 47.8 Å². The maximum absolute atomic E-state index is 12.7. The van der Waals surface area contributed by atoms with Crippen LogP contribution in [0.4, 0.5) is 4.39 Å². The van der Waals surface area contributed by atoms with E-state index in [0.29, 0.717) is 11.4 Å². The van der Waals surface area contributed by atoms with Gasteiger partial charge in [0.2, 0.25) is 5.82 Å². The number of nitrogens with zero attached hydrogens (tertiary/aromatic N) is 2. The summed E-state index contributed by atoms with van der Waals surface area (Å²) in [6, 6.07) is 5.58. The zero-order chi connectivity index (χ0) is 11.7. The second-order valence-corrected chi connectivity index (χ2v) is 3.34. The van der Waals surface area contributed by atoms with Crippen LogP contribution in [-0.2, 0) is 0 Å². The number of carboxylic acid groups (broad SMARTS) is 1. The molecule has 82 valence electrons. The van der Waals surface area contributed by atoms with Crippen LogP contribution in [0.5, 0.6) is 0 Å². The van der Waals surface area contributed by atoms with Crippen LogP contribution >= 0.6 is 0 Å². The van der Waals surface area contributed by atoms with Gasteiger partial charge >= 0.3 is 5.97 Å². The molecule has 0 aliphatic rings. The molecule has 1 aromatic carbocycles. The van der Waals surface area contributed by atoms with E-state index in [4.69, 9.17) is 5.11 Å². The lowest BCUT2D eigenvalue weighted by molar-refractivity contribution is 0.0681. The third kappa shape index (κ3) is 1.67. The van der Waals surface area contributed by atoms with E-state index in [9.17, 15) is 9.18 Å². The predicted octanol–water partition coefficient (Wildman–Crippen LogP) is 2.02. The lowest BCUT2D eigenvalue weighted by Crippen LogP contribution is -2.09. The van der Waals surface area contributed by atoms with Crippen molar-refractivity contribution in [2.75, 3.05) is 0 Å². The Kier molecular flexibility index (Phi) is 2.44. The van der Waals surface area contributed by atoms with E-state index in [0.717, 1.165) is 0 Å². The van der Waals surface area contributed by atoms with E-state index in [2.05, 4.69) is 4.98 Å². The zero-order valence-electron chi connectivity index (χ0n) is 8.51. The van der Waals surface area contributed by atoms with Crippen molar-refractivity contribution in [1.29, 1.82) is 0 Å². The quantitative estimate of drug-likeness (QED) is 0.842. The number of aromatic carboxylic acids is 1. The Labute approximate surface area is 91.0 Å². The molecule has 0 aliphatic heterocycles. The lowest BCUT2D eigenvalue weighted by Gasteiger charge is -2.07. The molecule has 0 aliphatic carbocycles. The van der Waals surface area contributed by atoms with Gasteiger partial charge < -0.3 is 5.11 Å². The summed E-state index contributed by atoms with van der Waals surface area (Å²) in [4.78, 5) is 14.7. The highest BCUT2D eigenvalue weighted by Crippen LogP contribution is 2.15. The number of halogens is 1. The Morgan fingerprint density at radius 3 is 2.56 bits per heavy atom. The van der Waals surface area contributed by atoms with E-state index in [1.807, 2.05) is 0 Å². The van der Waals surface area contributed by atoms with Gasteiger partial charge in [-0.3, -0.25) is 4.57 Å². The summed E-state index contributed by atoms with van der Waals surface area (Å²) < 4.78 is 14.2. The van der Waals surface area contributed by atoms with E-state index < -0.39 is 5.97 Å². The first-order chi connectivity index (χ1) is 7.59. The number of hydrogen-bond acceptors (Lipinski definition) is 2. The fraction of sp³-hybridized carbons (Fsp3) is 0.0909. The van der Waals surface area contributed by atoms with Crippen LogP contribution in [0.2, 0.25) is 0 Å². The molecule has 0 atom stereocenters. The molecule has 0 radical (unpaired) electrons. The smallest absolute Gasteiger partial charge is 0.372 e. The highest BCUT2D eigenvalue weighted by atomic mass is 19.1. The molecule has 0 spiro atoms. The Balaban J connectivity index is 2.58. The molecule has 0 saturated heterocycles. The summed E-state index contributed by atoms with van der Waals surface area (Å²) in [6.45, 7) is 1.74. The van der Waals surface area contributed by atoms with Gasteiger partial charge in [-0.1, -0.05) is 0 Å². The molecule has 2 rings (SSSR count). The fourth-order valence-corrected chi connectivity index (χ4v) is 1.50. The number of rotatable bonds is 2. The molecule has 1 N–H and O–H groups in total. The topological polar surface area (TPSA) is 55.1 Å². The molecule has 0 saturated carbocycles. The van der Waals surface area contributed by atoms with Gasteiger partial charge in [0, 0.05) is 17.6 Å². The number of aryl methyl sites for hydroxylation is 1. The molecule has 0 amide bonds. The van der Waals surface area contributed by atoms with Gasteiger partial charge in [0.05, 0.1) is 0 Å². The average molecular weight is 220 g/mol. The van der Waals surface area contributed by atoms with Gasteiger partial charge in [-0.05, 0) is 31.2 Å². The third-order valence-electron chi connectivity index (χ3n) is 2.21. The van der Waals surface area contributed by atoms with E-state index >= 15 is 0 Å². The Morgan fingerprint density at radius 2 is 2.00 bits per heavy atom. The summed E-state index contributed by atoms with van der Waals surface area (Å²) >= 11 is 0. The molecule has 1 heterocycles. The molecule has 2 aromatic rings. The largest absolute Gasteiger partial charge is 0.475 e. The number of carbonyl (C=O) groups is 1. The van der Waals surface area contributed by atoms with E-state index in [-0.39, 0.29) is 11.6 Å². The maximum Gasteiger partial charge on any atom is 0.372 e. The van der Waals surface area contributed by atoms with Crippen LogP contribution in [-0.4, -0.2) is 20.6 Å². The van der Waals surface area contributed by atoms with Crippen molar-refractivity contribution in [2.45, 2.75) is 6.92 Å². The molecular weight excluding hydrogens is 211 g/mol. The van der Waals surface area contributed by atoms with Crippen LogP contribution in [0, 0.1) is 12.7 Å². The summed E-state index contributed by atoms with van der Waals surface area (Å²) in [5.74, 6) is -1.56. The number of benzene rings is 1. The van der Waals surface area contributed by atoms with Gasteiger partial charge in [-0.15, -0.1) is 0 Å². The minimum Gasteiger partial charge on any atom is -0.475 e. The summed E-state index contributed by atoms with van der Waals surface area (Å²) in [5, 5.41) is 8.94. The molecule has 0 bridgehead atoms. The molecular formula is C11H9FN2O2. The zero-order valence-corrected chi connectivity index (χ0v) is 8.51. The predicted molar refractivity (Wildman–Crippen MR) is 55.2 cm³/mol. The molecule has 0 fully saturated rings. The van der Waals surface area contributed by atoms with E-state index in [1.165, 1.54) is 35.0 Å². The SMILES string of the molecule is Cc1cnc(C(=O)O)n1-c1ccc(F)cc1. The average Bonchev–Trinajstić information content (AvgIpc) is 2.62. The minimum absolute atomic E-state index is 0.0795. The van der Waals surface area contributed by atoms with Crippen LogP contribution in [0.1, 0.15) is 16.3 Å². The second kappa shape index (κ2) is 3.77. The highest BCUT2D eigenvalue weighted by Gasteiger charge is 2.14. The van der Waals surface area contributed by atoms with Crippen LogP contribution in [0.3, 0.4) is 0 Å². The summed E-state index contributed by atoms with van der Waals surface area (Å²) in [5.41, 5.74) is 1.26. The monoisotopic (exact) mass is 220 g/mol. The summed E-state index contributed by atoms with van der Waals surface area (Å²) in [7, 11) is 0. The minimum atomic E-state index is -1.11. The Bertz CT molecular complexity index is 531. The van der Waals surface area contributed by atoms with Gasteiger partial charge in [0.15, 0.2) is 0 Å². The first-order valence-electron chi connectivity index (χ1n) is 4.63. The Hall–Kier alpha value is -2.17. The number of aromatic nitrogens is 2. The lowest BCUT2D eigenvalue weighted by atomic mass is 10.3. The van der Waals surface area contributed by atoms with Crippen molar-refractivity contribution in [3.63, 3.8) is 0 Å². The molecule has 4 nitrogen and oxygen atoms in total. The first kappa shape index (κ1) is 10.4. The highest BCUT2D eigenvalue weighted by molar-refractivity contribution is 5.84. The van der Waals surface area contributed by atoms with Crippen molar-refractivity contribution in [2.24, 2.45) is 0 Å². The number of imidazole rings is 1. The van der Waals surface area contributed by atoms with Gasteiger partial charge in [0.1, 0.15) is 5.82 Å². The van der Waals surface area contributed by atoms with Crippen molar-refractivity contribution < 1.29 is 14.3 Å². The van der Waals surface area contributed by atoms with Gasteiger partial charge in [0.25, 0.3) is 0 Å². The second-order valence-electron chi connectivity index (χ2n) is 3.34. The van der Waals surface area contributed by atoms with Crippen molar-refractivity contribution in [1.82, 2.24) is 9.55 Å². The Morgan fingerprint density at radius 1 is 1.38 bits per heavy atom. The molecule has 0 unspecified atom stereocenters. The first-order valence-corrected chi connectivity index (χ1v) is 4.63.